The Bertz CT molecular complexity index is 533. The van der Waals surface area contributed by atoms with E-state index >= 15 is 0 Å². The summed E-state index contributed by atoms with van der Waals surface area (Å²) in [6, 6.07) is 7.02. The summed E-state index contributed by atoms with van der Waals surface area (Å²) in [5, 5.41) is 14.8. The molecule has 0 aromatic heterocycles. The quantitative estimate of drug-likeness (QED) is 0.847. The average molecular weight is 289 g/mol. The van der Waals surface area contributed by atoms with Crippen LogP contribution in [-0.4, -0.2) is 38.8 Å². The number of nitrogens with zero attached hydrogens (tertiary/aromatic N) is 1. The van der Waals surface area contributed by atoms with Gasteiger partial charge in [-0.3, -0.25) is 4.79 Å². The van der Waals surface area contributed by atoms with Crippen LogP contribution in [-0.2, 0) is 0 Å². The number of carbonyl (C=O) groups is 1. The Labute approximate surface area is 124 Å². The highest BCUT2D eigenvalue weighted by atomic mass is 16.5. The second kappa shape index (κ2) is 7.50. The molecule has 2 N–H and O–H groups in total. The van der Waals surface area contributed by atoms with Crippen molar-refractivity contribution < 1.29 is 14.3 Å². The number of carbonyl (C=O) groups excluding carboxylic acids is 1. The molecule has 1 fully saturated rings. The highest BCUT2D eigenvalue weighted by Crippen LogP contribution is 2.23. The van der Waals surface area contributed by atoms with Crippen LogP contribution in [0.3, 0.4) is 0 Å². The maximum Gasteiger partial charge on any atom is 0.251 e. The van der Waals surface area contributed by atoms with Crippen LogP contribution >= 0.6 is 0 Å². The topological polar surface area (TPSA) is 83.4 Å². The molecule has 0 atom stereocenters. The molecule has 0 unspecified atom stereocenters. The standard InChI is InChI=1S/C15H19N3O3/c1-20-13-8-11(9-14(10-13)21-7-4-16)15(19)18-12-2-5-17-6-3-12/h8-10,12,17H,2-3,5-7H2,1H3,(H,18,19). The van der Waals surface area contributed by atoms with Crippen molar-refractivity contribution in [2.75, 3.05) is 26.8 Å². The molecule has 2 rings (SSSR count). The number of nitrogens with one attached hydrogen (secondary N) is 2. The molecule has 1 aliphatic heterocycles. The lowest BCUT2D eigenvalue weighted by atomic mass is 10.1. The van der Waals surface area contributed by atoms with Crippen molar-refractivity contribution in [3.8, 4) is 17.6 Å². The van der Waals surface area contributed by atoms with E-state index in [0.29, 0.717) is 17.1 Å². The zero-order valence-corrected chi connectivity index (χ0v) is 12.0. The smallest absolute Gasteiger partial charge is 0.251 e. The second-order valence-electron chi connectivity index (χ2n) is 4.84. The van der Waals surface area contributed by atoms with Gasteiger partial charge in [0.15, 0.2) is 6.61 Å². The second-order valence-corrected chi connectivity index (χ2v) is 4.84. The van der Waals surface area contributed by atoms with Crippen LogP contribution < -0.4 is 20.1 Å². The summed E-state index contributed by atoms with van der Waals surface area (Å²) >= 11 is 0. The van der Waals surface area contributed by atoms with Crippen molar-refractivity contribution in [3.63, 3.8) is 0 Å². The molecule has 1 amide bonds. The maximum atomic E-state index is 12.3. The summed E-state index contributed by atoms with van der Waals surface area (Å²) in [6.07, 6.45) is 1.85. The van der Waals surface area contributed by atoms with E-state index in [4.69, 9.17) is 14.7 Å². The summed E-state index contributed by atoms with van der Waals surface area (Å²) in [7, 11) is 1.53. The van der Waals surface area contributed by atoms with Gasteiger partial charge < -0.3 is 20.1 Å². The lowest BCUT2D eigenvalue weighted by Crippen LogP contribution is -2.42. The molecule has 1 heterocycles. The van der Waals surface area contributed by atoms with Gasteiger partial charge in [0.2, 0.25) is 0 Å². The summed E-state index contributed by atoms with van der Waals surface area (Å²) in [4.78, 5) is 12.3. The van der Waals surface area contributed by atoms with Gasteiger partial charge in [-0.15, -0.1) is 0 Å². The monoisotopic (exact) mass is 289 g/mol. The first kappa shape index (κ1) is 15.1. The molecule has 1 aliphatic rings. The highest BCUT2D eigenvalue weighted by Gasteiger charge is 2.17. The predicted molar refractivity (Wildman–Crippen MR) is 77.5 cm³/mol. The van der Waals surface area contributed by atoms with Gasteiger partial charge in [-0.2, -0.15) is 5.26 Å². The van der Waals surface area contributed by atoms with Gasteiger partial charge >= 0.3 is 0 Å². The summed E-state index contributed by atoms with van der Waals surface area (Å²) in [6.45, 7) is 1.77. The zero-order valence-electron chi connectivity index (χ0n) is 12.0. The molecule has 0 bridgehead atoms. The van der Waals surface area contributed by atoms with Gasteiger partial charge in [-0.1, -0.05) is 0 Å². The minimum absolute atomic E-state index is 0.0669. The molecule has 21 heavy (non-hydrogen) atoms. The molecule has 6 heteroatoms. The van der Waals surface area contributed by atoms with Crippen molar-refractivity contribution in [1.82, 2.24) is 10.6 Å². The molecule has 0 spiro atoms. The number of hydrogen-bond acceptors (Lipinski definition) is 5. The van der Waals surface area contributed by atoms with Gasteiger partial charge in [-0.25, -0.2) is 0 Å². The maximum absolute atomic E-state index is 12.3. The summed E-state index contributed by atoms with van der Waals surface area (Å²) in [5.74, 6) is 0.829. The number of methoxy groups -OCH3 is 1. The van der Waals surface area contributed by atoms with Crippen LogP contribution in [0.25, 0.3) is 0 Å². The number of rotatable bonds is 5. The van der Waals surface area contributed by atoms with Gasteiger partial charge in [0, 0.05) is 17.7 Å². The molecular formula is C15H19N3O3. The van der Waals surface area contributed by atoms with E-state index in [1.54, 1.807) is 18.2 Å². The number of hydrogen-bond donors (Lipinski definition) is 2. The third kappa shape index (κ3) is 4.36. The number of piperidine rings is 1. The van der Waals surface area contributed by atoms with Crippen molar-refractivity contribution >= 4 is 5.91 Å². The third-order valence-corrected chi connectivity index (χ3v) is 3.36. The molecule has 6 nitrogen and oxygen atoms in total. The van der Waals surface area contributed by atoms with E-state index in [9.17, 15) is 4.79 Å². The van der Waals surface area contributed by atoms with Gasteiger partial charge in [-0.05, 0) is 38.1 Å². The molecule has 0 radical (unpaired) electrons. The number of nitriles is 1. The van der Waals surface area contributed by atoms with Crippen LogP contribution in [0.1, 0.15) is 23.2 Å². The molecule has 1 aromatic carbocycles. The van der Waals surface area contributed by atoms with E-state index < -0.39 is 0 Å². The van der Waals surface area contributed by atoms with Crippen molar-refractivity contribution in [1.29, 1.82) is 5.26 Å². The molecular weight excluding hydrogens is 270 g/mol. The van der Waals surface area contributed by atoms with E-state index in [0.717, 1.165) is 25.9 Å². The predicted octanol–water partition coefficient (Wildman–Crippen LogP) is 1.08. The number of benzene rings is 1. The minimum Gasteiger partial charge on any atom is -0.497 e. The molecule has 1 saturated heterocycles. The Balaban J connectivity index is 2.09. The van der Waals surface area contributed by atoms with E-state index in [1.165, 1.54) is 7.11 Å². The lowest BCUT2D eigenvalue weighted by molar-refractivity contribution is 0.0929. The Hall–Kier alpha value is -2.26. The SMILES string of the molecule is COc1cc(OCC#N)cc(C(=O)NC2CCNCC2)c1. The minimum atomic E-state index is -0.150. The first-order valence-corrected chi connectivity index (χ1v) is 6.93. The molecule has 1 aromatic rings. The fourth-order valence-electron chi connectivity index (χ4n) is 2.25. The largest absolute Gasteiger partial charge is 0.497 e. The van der Waals surface area contributed by atoms with Crippen LogP contribution in [0.15, 0.2) is 18.2 Å². The summed E-state index contributed by atoms with van der Waals surface area (Å²) in [5.41, 5.74) is 0.473. The van der Waals surface area contributed by atoms with E-state index in [-0.39, 0.29) is 18.6 Å². The van der Waals surface area contributed by atoms with Crippen LogP contribution in [0.4, 0.5) is 0 Å². The zero-order chi connectivity index (χ0) is 15.1. The van der Waals surface area contributed by atoms with Gasteiger partial charge in [0.1, 0.15) is 17.6 Å². The van der Waals surface area contributed by atoms with Crippen molar-refractivity contribution in [2.45, 2.75) is 18.9 Å². The highest BCUT2D eigenvalue weighted by molar-refractivity contribution is 5.95. The number of amides is 1. The Morgan fingerprint density at radius 2 is 2.10 bits per heavy atom. The van der Waals surface area contributed by atoms with Crippen molar-refractivity contribution in [2.24, 2.45) is 0 Å². The first-order valence-electron chi connectivity index (χ1n) is 6.93. The summed E-state index contributed by atoms with van der Waals surface area (Å²) < 4.78 is 10.4. The van der Waals surface area contributed by atoms with E-state index in [1.807, 2.05) is 6.07 Å². The molecule has 0 saturated carbocycles. The van der Waals surface area contributed by atoms with Crippen LogP contribution in [0.2, 0.25) is 0 Å². The van der Waals surface area contributed by atoms with Gasteiger partial charge in [0.05, 0.1) is 7.11 Å². The van der Waals surface area contributed by atoms with E-state index in [2.05, 4.69) is 10.6 Å². The third-order valence-electron chi connectivity index (χ3n) is 3.36. The Morgan fingerprint density at radius 1 is 1.38 bits per heavy atom. The molecule has 0 aliphatic carbocycles. The van der Waals surface area contributed by atoms with Gasteiger partial charge in [0.25, 0.3) is 5.91 Å². The van der Waals surface area contributed by atoms with Crippen LogP contribution in [0.5, 0.6) is 11.5 Å². The lowest BCUT2D eigenvalue weighted by Gasteiger charge is -2.23. The fraction of sp³-hybridized carbons (Fsp3) is 0.467. The first-order chi connectivity index (χ1) is 10.2. The van der Waals surface area contributed by atoms with Crippen LogP contribution in [0, 0.1) is 11.3 Å². The Kier molecular flexibility index (Phi) is 5.41. The normalized spacial score (nSPS) is 15.0. The average Bonchev–Trinajstić information content (AvgIpc) is 2.53. The molecule has 112 valence electrons. The number of ether oxygens (including phenoxy) is 2. The fourth-order valence-corrected chi connectivity index (χ4v) is 2.25. The Morgan fingerprint density at radius 3 is 2.76 bits per heavy atom. The van der Waals surface area contributed by atoms with Crippen molar-refractivity contribution in [3.05, 3.63) is 23.8 Å².